The number of aromatic hydroxyl groups is 1. The quantitative estimate of drug-likeness (QED) is 0.791. The van der Waals surface area contributed by atoms with Crippen molar-refractivity contribution in [3.8, 4) is 5.75 Å². The fourth-order valence-electron chi connectivity index (χ4n) is 1.70. The van der Waals surface area contributed by atoms with Gasteiger partial charge in [-0.05, 0) is 19.9 Å². The first-order chi connectivity index (χ1) is 7.91. The van der Waals surface area contributed by atoms with Crippen LogP contribution in [-0.2, 0) is 0 Å². The van der Waals surface area contributed by atoms with E-state index in [2.05, 4.69) is 0 Å². The van der Waals surface area contributed by atoms with E-state index in [-0.39, 0.29) is 22.7 Å². The van der Waals surface area contributed by atoms with Gasteiger partial charge in [-0.3, -0.25) is 14.0 Å². The molecule has 0 saturated heterocycles. The molecule has 0 aliphatic rings. The lowest BCUT2D eigenvalue weighted by Crippen LogP contribution is -2.17. The van der Waals surface area contributed by atoms with Crippen LogP contribution in [-0.4, -0.2) is 15.3 Å². The molecule has 2 heterocycles. The fraction of sp³-hybridized carbons (Fsp3) is 0.167. The van der Waals surface area contributed by atoms with Crippen LogP contribution in [0.1, 0.15) is 22.8 Å². The number of hydrogen-bond donors (Lipinski definition) is 1. The lowest BCUT2D eigenvalue weighted by Gasteiger charge is -2.08. The molecule has 2 aromatic rings. The van der Waals surface area contributed by atoms with E-state index < -0.39 is 0 Å². The van der Waals surface area contributed by atoms with Crippen molar-refractivity contribution >= 4 is 22.9 Å². The van der Waals surface area contributed by atoms with Crippen molar-refractivity contribution in [2.75, 3.05) is 0 Å². The summed E-state index contributed by atoms with van der Waals surface area (Å²) in [4.78, 5) is 23.4. The molecule has 2 rings (SSSR count). The summed E-state index contributed by atoms with van der Waals surface area (Å²) in [5, 5.41) is 9.92. The number of fused-ring (bicyclic) bond motifs is 1. The molecule has 0 amide bonds. The molecule has 2 aromatic heterocycles. The van der Waals surface area contributed by atoms with Crippen LogP contribution in [0.4, 0.5) is 0 Å². The van der Waals surface area contributed by atoms with Gasteiger partial charge in [0.25, 0.3) is 5.56 Å². The fourth-order valence-corrected chi connectivity index (χ4v) is 1.90. The lowest BCUT2D eigenvalue weighted by atomic mass is 10.1. The predicted molar refractivity (Wildman–Crippen MR) is 65.1 cm³/mol. The Balaban J connectivity index is 3.05. The Morgan fingerprint density at radius 1 is 1.41 bits per heavy atom. The van der Waals surface area contributed by atoms with E-state index in [0.29, 0.717) is 16.1 Å². The van der Waals surface area contributed by atoms with Crippen LogP contribution in [0.2, 0.25) is 5.02 Å². The molecule has 0 unspecified atom stereocenters. The Labute approximate surface area is 102 Å². The summed E-state index contributed by atoms with van der Waals surface area (Å²) < 4.78 is 1.27. The molecule has 4 nitrogen and oxygen atoms in total. The van der Waals surface area contributed by atoms with Gasteiger partial charge in [-0.15, -0.1) is 0 Å². The summed E-state index contributed by atoms with van der Waals surface area (Å²) in [6.45, 7) is 2.89. The summed E-state index contributed by atoms with van der Waals surface area (Å²) >= 11 is 5.86. The third-order valence-electron chi connectivity index (χ3n) is 2.65. The Morgan fingerprint density at radius 3 is 2.65 bits per heavy atom. The van der Waals surface area contributed by atoms with E-state index >= 15 is 0 Å². The van der Waals surface area contributed by atoms with Crippen molar-refractivity contribution in [2.24, 2.45) is 0 Å². The topological polar surface area (TPSA) is 58.8 Å². The van der Waals surface area contributed by atoms with Gasteiger partial charge < -0.3 is 5.11 Å². The molecule has 0 radical (unpaired) electrons. The van der Waals surface area contributed by atoms with Gasteiger partial charge in [0.1, 0.15) is 5.75 Å². The number of pyridine rings is 2. The molecule has 0 spiro atoms. The van der Waals surface area contributed by atoms with Crippen molar-refractivity contribution < 1.29 is 9.90 Å². The highest BCUT2D eigenvalue weighted by Crippen LogP contribution is 2.21. The Morgan fingerprint density at radius 2 is 2.06 bits per heavy atom. The zero-order valence-electron chi connectivity index (χ0n) is 9.32. The summed E-state index contributed by atoms with van der Waals surface area (Å²) in [5.74, 6) is -0.340. The van der Waals surface area contributed by atoms with Gasteiger partial charge in [0.05, 0.1) is 16.1 Å². The molecule has 5 heteroatoms. The first-order valence-corrected chi connectivity index (χ1v) is 5.35. The number of hydrogen-bond acceptors (Lipinski definition) is 3. The molecular weight excluding hydrogens is 242 g/mol. The number of halogens is 1. The largest absolute Gasteiger partial charge is 0.507 e. The van der Waals surface area contributed by atoms with Crippen LogP contribution in [0.15, 0.2) is 23.1 Å². The van der Waals surface area contributed by atoms with Gasteiger partial charge in [0.2, 0.25) is 0 Å². The van der Waals surface area contributed by atoms with Crippen molar-refractivity contribution in [3.05, 3.63) is 44.8 Å². The number of aromatic nitrogens is 1. The average Bonchev–Trinajstić information content (AvgIpc) is 2.26. The standard InChI is InChI=1S/C12H10ClNO3/c1-6-11(16)4-10-9(7(2)15)3-8(13)5-14(10)12(6)17/h3-5,16H,1-2H3. The molecule has 17 heavy (non-hydrogen) atoms. The zero-order chi connectivity index (χ0) is 12.7. The van der Waals surface area contributed by atoms with E-state index in [1.807, 2.05) is 0 Å². The van der Waals surface area contributed by atoms with E-state index in [4.69, 9.17) is 11.6 Å². The summed E-state index contributed by atoms with van der Waals surface area (Å²) in [7, 11) is 0. The Hall–Kier alpha value is -1.81. The monoisotopic (exact) mass is 251 g/mol. The smallest absolute Gasteiger partial charge is 0.261 e. The highest BCUT2D eigenvalue weighted by atomic mass is 35.5. The van der Waals surface area contributed by atoms with Gasteiger partial charge in [0.15, 0.2) is 5.78 Å². The van der Waals surface area contributed by atoms with Crippen molar-refractivity contribution in [1.29, 1.82) is 0 Å². The molecule has 0 fully saturated rings. The van der Waals surface area contributed by atoms with Crippen LogP contribution in [0.5, 0.6) is 5.75 Å². The second kappa shape index (κ2) is 3.89. The van der Waals surface area contributed by atoms with Crippen LogP contribution in [0, 0.1) is 6.92 Å². The van der Waals surface area contributed by atoms with Crippen LogP contribution < -0.4 is 5.56 Å². The van der Waals surface area contributed by atoms with E-state index in [1.165, 1.54) is 36.6 Å². The Bertz CT molecular complexity index is 688. The van der Waals surface area contributed by atoms with Crippen LogP contribution in [0.25, 0.3) is 5.52 Å². The molecule has 0 aromatic carbocycles. The lowest BCUT2D eigenvalue weighted by molar-refractivity contribution is 0.101. The number of carbonyl (C=O) groups is 1. The number of ketones is 1. The predicted octanol–water partition coefficient (Wildman–Crippen LogP) is 2.17. The second-order valence-corrected chi connectivity index (χ2v) is 4.28. The van der Waals surface area contributed by atoms with Crippen LogP contribution in [0.3, 0.4) is 0 Å². The maximum atomic E-state index is 11.9. The number of carbonyl (C=O) groups excluding carboxylic acids is 1. The van der Waals surface area contributed by atoms with Gasteiger partial charge >= 0.3 is 0 Å². The highest BCUT2D eigenvalue weighted by molar-refractivity contribution is 6.31. The highest BCUT2D eigenvalue weighted by Gasteiger charge is 2.12. The second-order valence-electron chi connectivity index (χ2n) is 3.84. The zero-order valence-corrected chi connectivity index (χ0v) is 10.1. The van der Waals surface area contributed by atoms with Crippen molar-refractivity contribution in [3.63, 3.8) is 0 Å². The minimum absolute atomic E-state index is 0.125. The molecule has 1 N–H and O–H groups in total. The molecule has 0 aliphatic heterocycles. The van der Waals surface area contributed by atoms with E-state index in [0.717, 1.165) is 0 Å². The summed E-state index contributed by atoms with van der Waals surface area (Å²) in [5.41, 5.74) is 0.504. The third-order valence-corrected chi connectivity index (χ3v) is 2.85. The first-order valence-electron chi connectivity index (χ1n) is 4.97. The summed E-state index contributed by atoms with van der Waals surface area (Å²) in [6, 6.07) is 2.87. The molecule has 0 bridgehead atoms. The molecule has 88 valence electrons. The van der Waals surface area contributed by atoms with E-state index in [1.54, 1.807) is 0 Å². The maximum Gasteiger partial charge on any atom is 0.261 e. The van der Waals surface area contributed by atoms with Gasteiger partial charge in [-0.1, -0.05) is 11.6 Å². The molecule has 0 atom stereocenters. The molecule has 0 aliphatic carbocycles. The van der Waals surface area contributed by atoms with Gasteiger partial charge in [-0.2, -0.15) is 0 Å². The van der Waals surface area contributed by atoms with Crippen molar-refractivity contribution in [1.82, 2.24) is 4.40 Å². The normalized spacial score (nSPS) is 10.8. The SMILES string of the molecule is CC(=O)c1cc(Cl)cn2c(=O)c(C)c(O)cc12. The number of nitrogens with zero attached hydrogens (tertiary/aromatic N) is 1. The minimum Gasteiger partial charge on any atom is -0.507 e. The van der Waals surface area contributed by atoms with E-state index in [9.17, 15) is 14.7 Å². The van der Waals surface area contributed by atoms with Crippen molar-refractivity contribution in [2.45, 2.75) is 13.8 Å². The number of Topliss-reactive ketones (excluding diaryl/α,β-unsaturated/α-hetero) is 1. The first kappa shape index (κ1) is 11.7. The van der Waals surface area contributed by atoms with Crippen LogP contribution >= 0.6 is 11.6 Å². The average molecular weight is 252 g/mol. The molecular formula is C12H10ClNO3. The van der Waals surface area contributed by atoms with Gasteiger partial charge in [-0.25, -0.2) is 0 Å². The maximum absolute atomic E-state index is 11.9. The third kappa shape index (κ3) is 1.80. The Kier molecular flexibility index (Phi) is 2.67. The number of rotatable bonds is 1. The molecule has 0 saturated carbocycles. The summed E-state index contributed by atoms with van der Waals surface area (Å²) in [6.07, 6.45) is 1.43. The minimum atomic E-state index is -0.384. The van der Waals surface area contributed by atoms with Gasteiger partial charge in [0, 0.05) is 17.8 Å².